The maximum atomic E-state index is 10.9. The Labute approximate surface area is 151 Å². The van der Waals surface area contributed by atoms with Crippen LogP contribution >= 0.6 is 0 Å². The summed E-state index contributed by atoms with van der Waals surface area (Å²) >= 11 is 0. The van der Waals surface area contributed by atoms with Crippen LogP contribution in [0.5, 0.6) is 0 Å². The van der Waals surface area contributed by atoms with Gasteiger partial charge in [0.1, 0.15) is 0 Å². The Morgan fingerprint density at radius 3 is 2.54 bits per heavy atom. The van der Waals surface area contributed by atoms with Gasteiger partial charge in [-0.3, -0.25) is 10.1 Å². The van der Waals surface area contributed by atoms with Crippen molar-refractivity contribution in [1.29, 1.82) is 0 Å². The van der Waals surface area contributed by atoms with Crippen molar-refractivity contribution in [3.05, 3.63) is 70.4 Å². The average Bonchev–Trinajstić information content (AvgIpc) is 3.31. The van der Waals surface area contributed by atoms with Crippen molar-refractivity contribution in [3.63, 3.8) is 0 Å². The van der Waals surface area contributed by atoms with Gasteiger partial charge < -0.3 is 14.0 Å². The summed E-state index contributed by atoms with van der Waals surface area (Å²) in [6.45, 7) is 3.44. The highest BCUT2D eigenvalue weighted by Crippen LogP contribution is 2.29. The summed E-state index contributed by atoms with van der Waals surface area (Å²) in [5.41, 5.74) is 3.29. The molecular weight excluding hydrogens is 332 g/mol. The third-order valence-corrected chi connectivity index (χ3v) is 4.79. The summed E-state index contributed by atoms with van der Waals surface area (Å²) in [6.07, 6.45) is 2.79. The molecule has 0 spiro atoms. The van der Waals surface area contributed by atoms with Crippen LogP contribution in [0.3, 0.4) is 0 Å². The second-order valence-corrected chi connectivity index (χ2v) is 6.61. The fourth-order valence-corrected chi connectivity index (χ4v) is 3.51. The second kappa shape index (κ2) is 6.90. The first-order valence-electron chi connectivity index (χ1n) is 8.70. The van der Waals surface area contributed by atoms with Crippen molar-refractivity contribution in [2.45, 2.75) is 19.6 Å². The maximum Gasteiger partial charge on any atom is 0.269 e. The normalized spacial score (nSPS) is 16.2. The molecule has 6 nitrogen and oxygen atoms in total. The summed E-state index contributed by atoms with van der Waals surface area (Å²) < 4.78 is 13.3. The predicted octanol–water partition coefficient (Wildman–Crippen LogP) is 4.09. The molecule has 2 aromatic carbocycles. The fourth-order valence-electron chi connectivity index (χ4n) is 3.51. The zero-order valence-electron chi connectivity index (χ0n) is 14.5. The molecule has 2 heterocycles. The van der Waals surface area contributed by atoms with E-state index in [0.29, 0.717) is 13.2 Å². The molecule has 0 saturated carbocycles. The molecule has 4 rings (SSSR count). The van der Waals surface area contributed by atoms with Crippen molar-refractivity contribution in [2.75, 3.05) is 13.2 Å². The minimum atomic E-state index is -0.383. The number of ether oxygens (including phenoxy) is 2. The van der Waals surface area contributed by atoms with Crippen molar-refractivity contribution in [1.82, 2.24) is 4.57 Å². The molecule has 1 saturated heterocycles. The summed E-state index contributed by atoms with van der Waals surface area (Å²) in [4.78, 5) is 10.5. The van der Waals surface area contributed by atoms with Gasteiger partial charge in [-0.1, -0.05) is 25.1 Å². The van der Waals surface area contributed by atoms with Crippen LogP contribution in [0.25, 0.3) is 16.6 Å². The topological polar surface area (TPSA) is 66.5 Å². The van der Waals surface area contributed by atoms with Gasteiger partial charge in [-0.05, 0) is 30.2 Å². The van der Waals surface area contributed by atoms with E-state index in [-0.39, 0.29) is 22.8 Å². The molecule has 0 N–H and O–H groups in total. The zero-order valence-corrected chi connectivity index (χ0v) is 14.5. The zero-order chi connectivity index (χ0) is 18.1. The lowest BCUT2D eigenvalue weighted by Crippen LogP contribution is -2.20. The summed E-state index contributed by atoms with van der Waals surface area (Å²) in [6, 6.07) is 14.8. The second-order valence-electron chi connectivity index (χ2n) is 6.61. The average molecular weight is 352 g/mol. The molecule has 1 aromatic heterocycles. The third-order valence-electron chi connectivity index (χ3n) is 4.79. The van der Waals surface area contributed by atoms with E-state index in [4.69, 9.17) is 9.47 Å². The molecule has 26 heavy (non-hydrogen) atoms. The first-order chi connectivity index (χ1) is 12.6. The number of nitrogens with zero attached hydrogens (tertiary/aromatic N) is 2. The Balaban J connectivity index is 1.70. The number of benzene rings is 2. The highest BCUT2D eigenvalue weighted by Gasteiger charge is 2.24. The molecular formula is C20H20N2O4. The van der Waals surface area contributed by atoms with Crippen LogP contribution in [-0.4, -0.2) is 29.0 Å². The van der Waals surface area contributed by atoms with E-state index < -0.39 is 0 Å². The molecule has 6 heteroatoms. The van der Waals surface area contributed by atoms with Gasteiger partial charge in [-0.15, -0.1) is 0 Å². The van der Waals surface area contributed by atoms with Gasteiger partial charge in [0.2, 0.25) is 0 Å². The summed E-state index contributed by atoms with van der Waals surface area (Å²) in [5.74, 6) is 0.244. The number of nitro groups is 1. The Kier molecular flexibility index (Phi) is 4.44. The van der Waals surface area contributed by atoms with Crippen molar-refractivity contribution >= 4 is 16.6 Å². The highest BCUT2D eigenvalue weighted by molar-refractivity contribution is 5.85. The standard InChI is InChI=1S/C20H20N2O4/c1-14(20-25-10-11-26-20)12-15-13-21(19-5-3-2-4-18(15)19)16-6-8-17(9-7-16)22(23)24/h2-9,13-14,20H,10-12H2,1H3. The number of fused-ring (bicyclic) bond motifs is 1. The summed E-state index contributed by atoms with van der Waals surface area (Å²) in [5, 5.41) is 12.1. The van der Waals surface area contributed by atoms with E-state index in [1.807, 2.05) is 12.1 Å². The molecule has 1 aliphatic rings. The van der Waals surface area contributed by atoms with Crippen LogP contribution in [0.4, 0.5) is 5.69 Å². The van der Waals surface area contributed by atoms with Crippen molar-refractivity contribution in [3.8, 4) is 5.69 Å². The van der Waals surface area contributed by atoms with E-state index in [0.717, 1.165) is 17.6 Å². The Hall–Kier alpha value is -2.70. The number of nitro benzene ring substituents is 1. The van der Waals surface area contributed by atoms with Gasteiger partial charge in [0, 0.05) is 35.3 Å². The van der Waals surface area contributed by atoms with Crippen LogP contribution in [0.15, 0.2) is 54.7 Å². The van der Waals surface area contributed by atoms with E-state index >= 15 is 0 Å². The number of hydrogen-bond acceptors (Lipinski definition) is 4. The number of rotatable bonds is 5. The Bertz CT molecular complexity index is 927. The van der Waals surface area contributed by atoms with Gasteiger partial charge in [0.25, 0.3) is 5.69 Å². The fraction of sp³-hybridized carbons (Fsp3) is 0.300. The molecule has 0 radical (unpaired) electrons. The van der Waals surface area contributed by atoms with Crippen LogP contribution in [-0.2, 0) is 15.9 Å². The van der Waals surface area contributed by atoms with Crippen molar-refractivity contribution < 1.29 is 14.4 Å². The van der Waals surface area contributed by atoms with Gasteiger partial charge in [0.15, 0.2) is 6.29 Å². The van der Waals surface area contributed by atoms with E-state index in [2.05, 4.69) is 29.8 Å². The quantitative estimate of drug-likeness (QED) is 0.512. The van der Waals surface area contributed by atoms with Gasteiger partial charge in [-0.2, -0.15) is 0 Å². The van der Waals surface area contributed by atoms with Gasteiger partial charge in [-0.25, -0.2) is 0 Å². The monoisotopic (exact) mass is 352 g/mol. The number of aromatic nitrogens is 1. The lowest BCUT2D eigenvalue weighted by Gasteiger charge is -2.17. The van der Waals surface area contributed by atoms with Crippen LogP contribution in [0.2, 0.25) is 0 Å². The molecule has 0 aliphatic carbocycles. The smallest absolute Gasteiger partial charge is 0.269 e. The Morgan fingerprint density at radius 1 is 1.15 bits per heavy atom. The largest absolute Gasteiger partial charge is 0.350 e. The number of hydrogen-bond donors (Lipinski definition) is 0. The highest BCUT2D eigenvalue weighted by atomic mass is 16.7. The van der Waals surface area contributed by atoms with Crippen molar-refractivity contribution in [2.24, 2.45) is 5.92 Å². The number of para-hydroxylation sites is 1. The maximum absolute atomic E-state index is 10.9. The molecule has 0 amide bonds. The number of non-ortho nitro benzene ring substituents is 1. The molecule has 0 bridgehead atoms. The summed E-state index contributed by atoms with van der Waals surface area (Å²) in [7, 11) is 0. The van der Waals surface area contributed by atoms with Gasteiger partial charge >= 0.3 is 0 Å². The molecule has 134 valence electrons. The first kappa shape index (κ1) is 16.8. The van der Waals surface area contributed by atoms with E-state index in [1.54, 1.807) is 12.1 Å². The van der Waals surface area contributed by atoms with Crippen LogP contribution in [0, 0.1) is 16.0 Å². The Morgan fingerprint density at radius 2 is 1.85 bits per heavy atom. The first-order valence-corrected chi connectivity index (χ1v) is 8.70. The lowest BCUT2D eigenvalue weighted by molar-refractivity contribution is -0.384. The predicted molar refractivity (Wildman–Crippen MR) is 98.5 cm³/mol. The minimum absolute atomic E-state index is 0.0922. The molecule has 3 aromatic rings. The molecule has 1 unspecified atom stereocenters. The van der Waals surface area contributed by atoms with Gasteiger partial charge in [0.05, 0.1) is 23.7 Å². The van der Waals surface area contributed by atoms with Crippen LogP contribution < -0.4 is 0 Å². The van der Waals surface area contributed by atoms with E-state index in [9.17, 15) is 10.1 Å². The molecule has 1 atom stereocenters. The third kappa shape index (κ3) is 3.09. The van der Waals surface area contributed by atoms with Crippen LogP contribution in [0.1, 0.15) is 12.5 Å². The molecule has 1 aliphatic heterocycles. The SMILES string of the molecule is CC(Cc1cn(-c2ccc([N+](=O)[O-])cc2)c2ccccc12)C1OCCO1. The van der Waals surface area contributed by atoms with E-state index in [1.165, 1.54) is 23.1 Å². The minimum Gasteiger partial charge on any atom is -0.350 e. The molecule has 1 fully saturated rings. The lowest BCUT2D eigenvalue weighted by atomic mass is 10.0.